The molecule has 0 radical (unpaired) electrons. The molecule has 0 heterocycles. The SMILES string of the molecule is CCN(CC)c1ccc(NC(=O)[C@@H](C)Cl)cc1. The zero-order valence-corrected chi connectivity index (χ0v) is 11.3. The quantitative estimate of drug-likeness (QED) is 0.819. The van der Waals surface area contributed by atoms with Crippen LogP contribution in [-0.4, -0.2) is 24.4 Å². The Labute approximate surface area is 108 Å². The highest BCUT2D eigenvalue weighted by Gasteiger charge is 2.09. The van der Waals surface area contributed by atoms with E-state index in [1.807, 2.05) is 24.3 Å². The minimum atomic E-state index is -0.516. The first-order valence-corrected chi connectivity index (χ1v) is 6.32. The summed E-state index contributed by atoms with van der Waals surface area (Å²) >= 11 is 5.68. The maximum atomic E-state index is 11.4. The third-order valence-electron chi connectivity index (χ3n) is 2.62. The van der Waals surface area contributed by atoms with Crippen molar-refractivity contribution in [2.45, 2.75) is 26.1 Å². The Hall–Kier alpha value is -1.22. The van der Waals surface area contributed by atoms with E-state index in [0.29, 0.717) is 0 Å². The Morgan fingerprint density at radius 3 is 2.24 bits per heavy atom. The number of nitrogens with one attached hydrogen (secondary N) is 1. The van der Waals surface area contributed by atoms with Crippen LogP contribution in [0.25, 0.3) is 0 Å². The van der Waals surface area contributed by atoms with Gasteiger partial charge in [0.25, 0.3) is 0 Å². The lowest BCUT2D eigenvalue weighted by molar-refractivity contribution is -0.115. The zero-order chi connectivity index (χ0) is 12.8. The van der Waals surface area contributed by atoms with Crippen molar-refractivity contribution >= 4 is 28.9 Å². The number of amides is 1. The molecule has 0 unspecified atom stereocenters. The predicted molar refractivity (Wildman–Crippen MR) is 73.9 cm³/mol. The molecule has 1 aromatic carbocycles. The molecule has 94 valence electrons. The summed E-state index contributed by atoms with van der Waals surface area (Å²) in [6.07, 6.45) is 0. The Bertz CT molecular complexity index is 358. The first-order valence-electron chi connectivity index (χ1n) is 5.88. The fraction of sp³-hybridized carbons (Fsp3) is 0.462. The Balaban J connectivity index is 2.71. The number of halogens is 1. The lowest BCUT2D eigenvalue weighted by atomic mass is 10.2. The lowest BCUT2D eigenvalue weighted by Gasteiger charge is -2.21. The molecule has 0 aromatic heterocycles. The average Bonchev–Trinajstić information content (AvgIpc) is 2.32. The van der Waals surface area contributed by atoms with Crippen molar-refractivity contribution in [3.05, 3.63) is 24.3 Å². The maximum Gasteiger partial charge on any atom is 0.242 e. The average molecular weight is 255 g/mol. The molecule has 0 saturated heterocycles. The predicted octanol–water partition coefficient (Wildman–Crippen LogP) is 3.10. The molecule has 1 N–H and O–H groups in total. The first kappa shape index (κ1) is 13.8. The summed E-state index contributed by atoms with van der Waals surface area (Å²) in [5, 5.41) is 2.24. The van der Waals surface area contributed by atoms with E-state index < -0.39 is 5.38 Å². The third kappa shape index (κ3) is 3.93. The highest BCUT2D eigenvalue weighted by atomic mass is 35.5. The van der Waals surface area contributed by atoms with Gasteiger partial charge in [-0.3, -0.25) is 4.79 Å². The number of benzene rings is 1. The van der Waals surface area contributed by atoms with Crippen LogP contribution < -0.4 is 10.2 Å². The third-order valence-corrected chi connectivity index (χ3v) is 2.82. The van der Waals surface area contributed by atoms with Crippen molar-refractivity contribution in [2.75, 3.05) is 23.3 Å². The van der Waals surface area contributed by atoms with Crippen LogP contribution in [0, 0.1) is 0 Å². The summed E-state index contributed by atoms with van der Waals surface area (Å²) in [5.41, 5.74) is 1.94. The number of anilines is 2. The van der Waals surface area contributed by atoms with Gasteiger partial charge in [0.2, 0.25) is 5.91 Å². The number of alkyl halides is 1. The van der Waals surface area contributed by atoms with Crippen LogP contribution >= 0.6 is 11.6 Å². The van der Waals surface area contributed by atoms with Crippen molar-refractivity contribution in [3.63, 3.8) is 0 Å². The van der Waals surface area contributed by atoms with E-state index in [9.17, 15) is 4.79 Å². The van der Waals surface area contributed by atoms with E-state index in [4.69, 9.17) is 11.6 Å². The van der Waals surface area contributed by atoms with Gasteiger partial charge in [-0.2, -0.15) is 0 Å². The van der Waals surface area contributed by atoms with Crippen molar-refractivity contribution < 1.29 is 4.79 Å². The van der Waals surface area contributed by atoms with E-state index >= 15 is 0 Å². The van der Waals surface area contributed by atoms with Crippen LogP contribution in [0.3, 0.4) is 0 Å². The van der Waals surface area contributed by atoms with Crippen molar-refractivity contribution in [2.24, 2.45) is 0 Å². The molecule has 0 spiro atoms. The number of carbonyl (C=O) groups excluding carboxylic acids is 1. The normalized spacial score (nSPS) is 12.0. The molecule has 1 atom stereocenters. The number of carbonyl (C=O) groups is 1. The van der Waals surface area contributed by atoms with Crippen LogP contribution in [0.1, 0.15) is 20.8 Å². The van der Waals surface area contributed by atoms with Gasteiger partial charge in [-0.25, -0.2) is 0 Å². The van der Waals surface area contributed by atoms with Crippen LogP contribution in [0.4, 0.5) is 11.4 Å². The fourth-order valence-corrected chi connectivity index (χ4v) is 1.64. The second-order valence-electron chi connectivity index (χ2n) is 3.82. The summed E-state index contributed by atoms with van der Waals surface area (Å²) in [7, 11) is 0. The van der Waals surface area contributed by atoms with Crippen LogP contribution in [-0.2, 0) is 4.79 Å². The van der Waals surface area contributed by atoms with E-state index in [2.05, 4.69) is 24.1 Å². The molecule has 1 aromatic rings. The van der Waals surface area contributed by atoms with E-state index in [-0.39, 0.29) is 5.91 Å². The smallest absolute Gasteiger partial charge is 0.242 e. The summed E-state index contributed by atoms with van der Waals surface area (Å²) in [6, 6.07) is 7.79. The molecule has 0 aliphatic rings. The molecule has 4 heteroatoms. The van der Waals surface area contributed by atoms with Gasteiger partial charge >= 0.3 is 0 Å². The number of hydrogen-bond donors (Lipinski definition) is 1. The monoisotopic (exact) mass is 254 g/mol. The highest BCUT2D eigenvalue weighted by Crippen LogP contribution is 2.18. The van der Waals surface area contributed by atoms with Gasteiger partial charge in [0.15, 0.2) is 0 Å². The van der Waals surface area contributed by atoms with Gasteiger partial charge < -0.3 is 10.2 Å². The van der Waals surface area contributed by atoms with Gasteiger partial charge in [-0.1, -0.05) is 0 Å². The first-order chi connectivity index (χ1) is 8.08. The number of hydrogen-bond acceptors (Lipinski definition) is 2. The van der Waals surface area contributed by atoms with Crippen LogP contribution in [0.5, 0.6) is 0 Å². The Morgan fingerprint density at radius 1 is 1.29 bits per heavy atom. The van der Waals surface area contributed by atoms with Gasteiger partial charge in [-0.15, -0.1) is 11.6 Å². The Kier molecular flexibility index (Phi) is 5.29. The van der Waals surface area contributed by atoms with E-state index in [1.54, 1.807) is 6.92 Å². The fourth-order valence-electron chi connectivity index (χ4n) is 1.59. The lowest BCUT2D eigenvalue weighted by Crippen LogP contribution is -2.22. The summed E-state index contributed by atoms with van der Waals surface area (Å²) in [5.74, 6) is -0.178. The van der Waals surface area contributed by atoms with Gasteiger partial charge in [0.1, 0.15) is 5.38 Å². The molecular weight excluding hydrogens is 236 g/mol. The second kappa shape index (κ2) is 6.50. The number of nitrogens with zero attached hydrogens (tertiary/aromatic N) is 1. The molecule has 3 nitrogen and oxygen atoms in total. The Morgan fingerprint density at radius 2 is 1.82 bits per heavy atom. The topological polar surface area (TPSA) is 32.3 Å². The van der Waals surface area contributed by atoms with Gasteiger partial charge in [-0.05, 0) is 45.0 Å². The minimum absolute atomic E-state index is 0.178. The molecular formula is C13H19ClN2O. The standard InChI is InChI=1S/C13H19ClN2O/c1-4-16(5-2)12-8-6-11(7-9-12)15-13(17)10(3)14/h6-10H,4-5H2,1-3H3,(H,15,17)/t10-/m1/s1. The molecule has 17 heavy (non-hydrogen) atoms. The molecule has 0 aliphatic carbocycles. The highest BCUT2D eigenvalue weighted by molar-refractivity contribution is 6.32. The summed E-state index contributed by atoms with van der Waals surface area (Å²) in [6.45, 7) is 7.84. The molecule has 0 fully saturated rings. The van der Waals surface area contributed by atoms with Crippen molar-refractivity contribution in [1.29, 1.82) is 0 Å². The largest absolute Gasteiger partial charge is 0.372 e. The van der Waals surface area contributed by atoms with E-state index in [0.717, 1.165) is 24.5 Å². The molecule has 1 rings (SSSR count). The van der Waals surface area contributed by atoms with Gasteiger partial charge in [0, 0.05) is 24.5 Å². The van der Waals surface area contributed by atoms with E-state index in [1.165, 1.54) is 0 Å². The molecule has 0 saturated carbocycles. The molecule has 0 bridgehead atoms. The maximum absolute atomic E-state index is 11.4. The number of rotatable bonds is 5. The molecule has 0 aliphatic heterocycles. The second-order valence-corrected chi connectivity index (χ2v) is 4.48. The zero-order valence-electron chi connectivity index (χ0n) is 10.5. The van der Waals surface area contributed by atoms with Gasteiger partial charge in [0.05, 0.1) is 0 Å². The summed E-state index contributed by atoms with van der Waals surface area (Å²) in [4.78, 5) is 13.6. The van der Waals surface area contributed by atoms with Crippen molar-refractivity contribution in [3.8, 4) is 0 Å². The van der Waals surface area contributed by atoms with Crippen LogP contribution in [0.2, 0.25) is 0 Å². The van der Waals surface area contributed by atoms with Crippen molar-refractivity contribution in [1.82, 2.24) is 0 Å². The summed E-state index contributed by atoms with van der Waals surface area (Å²) < 4.78 is 0. The molecule has 1 amide bonds. The minimum Gasteiger partial charge on any atom is -0.372 e. The van der Waals surface area contributed by atoms with Crippen LogP contribution in [0.15, 0.2) is 24.3 Å².